The number of hydrogen-bond acceptors (Lipinski definition) is 7. The summed E-state index contributed by atoms with van der Waals surface area (Å²) in [5.41, 5.74) is -1.62. The van der Waals surface area contributed by atoms with Gasteiger partial charge in [0.05, 0.1) is 24.9 Å². The molecule has 178 valence electrons. The largest absolute Gasteiger partial charge is 0.546 e. The van der Waals surface area contributed by atoms with Crippen molar-refractivity contribution in [2.45, 2.75) is 62.7 Å². The molecule has 0 unspecified atom stereocenters. The third kappa shape index (κ3) is 4.48. The first-order valence-electron chi connectivity index (χ1n) is 10.3. The van der Waals surface area contributed by atoms with Crippen LogP contribution in [0.25, 0.3) is 0 Å². The molecule has 1 heterocycles. The Morgan fingerprint density at radius 1 is 1.03 bits per heavy atom. The number of sulfonamides is 1. The summed E-state index contributed by atoms with van der Waals surface area (Å²) in [5.74, 6) is -1.62. The van der Waals surface area contributed by atoms with E-state index in [-0.39, 0.29) is 22.9 Å². The fourth-order valence-electron chi connectivity index (χ4n) is 3.27. The molecule has 1 aromatic carbocycles. The van der Waals surface area contributed by atoms with Crippen molar-refractivity contribution in [2.75, 3.05) is 20.8 Å². The Bertz CT molecular complexity index is 994. The molecule has 0 aromatic heterocycles. The molecule has 32 heavy (non-hydrogen) atoms. The third-order valence-electron chi connectivity index (χ3n) is 6.26. The van der Waals surface area contributed by atoms with Crippen LogP contribution in [0.5, 0.6) is 0 Å². The molecule has 0 aliphatic carbocycles. The molecule has 1 aliphatic heterocycles. The van der Waals surface area contributed by atoms with Crippen LogP contribution in [-0.4, -0.2) is 59.3 Å². The molecule has 0 saturated heterocycles. The SMILES string of the molecule is COC(=O)C1(C(=O)OC)CC(O[Si](C)(C)C(C)(C)C)=C(C)CN1S(=O)(=O)c1ccccc1. The van der Waals surface area contributed by atoms with Gasteiger partial charge in [-0.25, -0.2) is 18.0 Å². The van der Waals surface area contributed by atoms with Gasteiger partial charge in [-0.15, -0.1) is 0 Å². The van der Waals surface area contributed by atoms with Crippen LogP contribution >= 0.6 is 0 Å². The molecule has 2 rings (SSSR count). The van der Waals surface area contributed by atoms with Crippen molar-refractivity contribution < 1.29 is 31.9 Å². The number of carbonyl (C=O) groups is 2. The molecule has 0 N–H and O–H groups in total. The molecule has 1 aromatic rings. The predicted molar refractivity (Wildman–Crippen MR) is 123 cm³/mol. The number of methoxy groups -OCH3 is 2. The van der Waals surface area contributed by atoms with Gasteiger partial charge in [-0.05, 0) is 42.8 Å². The molecular formula is C22H33NO7SSi. The van der Waals surface area contributed by atoms with Crippen LogP contribution in [0.3, 0.4) is 0 Å². The summed E-state index contributed by atoms with van der Waals surface area (Å²) < 4.78 is 44.4. The van der Waals surface area contributed by atoms with E-state index in [2.05, 4.69) is 20.8 Å². The Morgan fingerprint density at radius 3 is 1.97 bits per heavy atom. The fourth-order valence-corrected chi connectivity index (χ4v) is 6.18. The number of carbonyl (C=O) groups excluding carboxylic acids is 2. The molecule has 0 fully saturated rings. The van der Waals surface area contributed by atoms with Gasteiger partial charge in [0.25, 0.3) is 0 Å². The van der Waals surface area contributed by atoms with Gasteiger partial charge >= 0.3 is 11.9 Å². The number of rotatable bonds is 6. The summed E-state index contributed by atoms with van der Waals surface area (Å²) >= 11 is 0. The summed E-state index contributed by atoms with van der Waals surface area (Å²) in [7, 11) is -4.38. The van der Waals surface area contributed by atoms with Gasteiger partial charge in [-0.2, -0.15) is 4.31 Å². The fraction of sp³-hybridized carbons (Fsp3) is 0.545. The third-order valence-corrected chi connectivity index (χ3v) is 12.5. The van der Waals surface area contributed by atoms with E-state index in [9.17, 15) is 18.0 Å². The lowest BCUT2D eigenvalue weighted by Crippen LogP contribution is -2.65. The highest BCUT2D eigenvalue weighted by atomic mass is 32.2. The molecule has 0 saturated carbocycles. The lowest BCUT2D eigenvalue weighted by molar-refractivity contribution is -0.169. The van der Waals surface area contributed by atoms with Gasteiger partial charge in [0.1, 0.15) is 0 Å². The Hall–Kier alpha value is -2.17. The van der Waals surface area contributed by atoms with E-state index in [4.69, 9.17) is 13.9 Å². The zero-order valence-electron chi connectivity index (χ0n) is 20.0. The number of nitrogens with zero attached hydrogens (tertiary/aromatic N) is 1. The maximum Gasteiger partial charge on any atom is 0.339 e. The van der Waals surface area contributed by atoms with E-state index in [0.717, 1.165) is 18.5 Å². The maximum absolute atomic E-state index is 13.6. The highest BCUT2D eigenvalue weighted by Crippen LogP contribution is 2.43. The first-order chi connectivity index (χ1) is 14.6. The maximum atomic E-state index is 13.6. The van der Waals surface area contributed by atoms with Crippen LogP contribution < -0.4 is 0 Å². The van der Waals surface area contributed by atoms with Crippen molar-refractivity contribution in [1.82, 2.24) is 4.31 Å². The second kappa shape index (κ2) is 8.99. The van der Waals surface area contributed by atoms with E-state index in [0.29, 0.717) is 11.3 Å². The molecule has 10 heteroatoms. The van der Waals surface area contributed by atoms with E-state index >= 15 is 0 Å². The molecule has 0 bridgehead atoms. The first kappa shape index (κ1) is 26.1. The van der Waals surface area contributed by atoms with E-state index in [1.807, 2.05) is 13.1 Å². The summed E-state index contributed by atoms with van der Waals surface area (Å²) in [5, 5.41) is -0.146. The predicted octanol–water partition coefficient (Wildman–Crippen LogP) is 3.46. The minimum Gasteiger partial charge on any atom is -0.546 e. The zero-order chi connectivity index (χ0) is 24.5. The summed E-state index contributed by atoms with van der Waals surface area (Å²) in [6, 6.07) is 7.65. The Morgan fingerprint density at radius 2 is 1.53 bits per heavy atom. The number of hydrogen-bond donors (Lipinski definition) is 0. The van der Waals surface area contributed by atoms with Crippen molar-refractivity contribution in [3.05, 3.63) is 41.7 Å². The number of esters is 2. The zero-order valence-corrected chi connectivity index (χ0v) is 21.8. The van der Waals surface area contributed by atoms with Crippen molar-refractivity contribution in [3.63, 3.8) is 0 Å². The Balaban J connectivity index is 2.74. The highest BCUT2D eigenvalue weighted by Gasteiger charge is 2.61. The standard InChI is InChI=1S/C22H33NO7SSi/c1-16-15-23(31(26,27)17-12-10-9-11-13-17)22(19(24)28-5,20(25)29-6)14-18(16)30-32(7,8)21(2,3)4/h9-13H,14-15H2,1-8H3. The average Bonchev–Trinajstić information content (AvgIpc) is 2.73. The topological polar surface area (TPSA) is 99.2 Å². The van der Waals surface area contributed by atoms with Crippen LogP contribution in [0, 0.1) is 0 Å². The van der Waals surface area contributed by atoms with Gasteiger partial charge in [-0.3, -0.25) is 0 Å². The van der Waals surface area contributed by atoms with Gasteiger partial charge < -0.3 is 13.9 Å². The number of ether oxygens (including phenoxy) is 2. The van der Waals surface area contributed by atoms with E-state index in [1.165, 1.54) is 12.1 Å². The molecule has 1 aliphatic rings. The van der Waals surface area contributed by atoms with Gasteiger partial charge in [-0.1, -0.05) is 39.0 Å². The van der Waals surface area contributed by atoms with Crippen LogP contribution in [0.1, 0.15) is 34.1 Å². The summed E-state index contributed by atoms with van der Waals surface area (Å²) in [6.07, 6.45) is -0.309. The van der Waals surface area contributed by atoms with Gasteiger partial charge in [0.2, 0.25) is 23.9 Å². The van der Waals surface area contributed by atoms with Crippen molar-refractivity contribution in [1.29, 1.82) is 0 Å². The van der Waals surface area contributed by atoms with E-state index in [1.54, 1.807) is 25.1 Å². The van der Waals surface area contributed by atoms with Crippen LogP contribution in [0.15, 0.2) is 46.6 Å². The normalized spacial score (nSPS) is 17.6. The molecule has 0 radical (unpaired) electrons. The molecular weight excluding hydrogens is 450 g/mol. The van der Waals surface area contributed by atoms with Crippen LogP contribution in [0.2, 0.25) is 18.1 Å². The molecule has 0 atom stereocenters. The molecule has 0 spiro atoms. The second-order valence-corrected chi connectivity index (χ2v) is 16.0. The summed E-state index contributed by atoms with van der Waals surface area (Å²) in [4.78, 5) is 26.1. The van der Waals surface area contributed by atoms with Gasteiger partial charge in [0.15, 0.2) is 0 Å². The average molecular weight is 484 g/mol. The van der Waals surface area contributed by atoms with Crippen molar-refractivity contribution in [2.24, 2.45) is 0 Å². The first-order valence-corrected chi connectivity index (χ1v) is 14.6. The highest BCUT2D eigenvalue weighted by molar-refractivity contribution is 7.89. The quantitative estimate of drug-likeness (QED) is 0.347. The minimum atomic E-state index is -4.26. The minimum absolute atomic E-state index is 0.0428. The molecule has 0 amide bonds. The van der Waals surface area contributed by atoms with Crippen LogP contribution in [-0.2, 0) is 33.5 Å². The Kier molecular flexibility index (Phi) is 7.33. The van der Waals surface area contributed by atoms with Gasteiger partial charge in [0, 0.05) is 13.0 Å². The van der Waals surface area contributed by atoms with Crippen molar-refractivity contribution >= 4 is 30.3 Å². The second-order valence-electron chi connectivity index (χ2n) is 9.41. The Labute approximate surface area is 191 Å². The summed E-state index contributed by atoms with van der Waals surface area (Å²) in [6.45, 7) is 11.8. The lowest BCUT2D eigenvalue weighted by Gasteiger charge is -2.45. The van der Waals surface area contributed by atoms with Crippen LogP contribution in [0.4, 0.5) is 0 Å². The number of benzene rings is 1. The smallest absolute Gasteiger partial charge is 0.339 e. The van der Waals surface area contributed by atoms with E-state index < -0.39 is 35.8 Å². The molecule has 8 nitrogen and oxygen atoms in total. The van der Waals surface area contributed by atoms with Crippen molar-refractivity contribution in [3.8, 4) is 0 Å². The monoisotopic (exact) mass is 483 g/mol. The lowest BCUT2D eigenvalue weighted by atomic mass is 9.89.